The molecule has 0 heterocycles. The topological polar surface area (TPSA) is 20.3 Å². The van der Waals surface area contributed by atoms with Crippen molar-refractivity contribution in [2.45, 2.75) is 0 Å². The van der Waals surface area contributed by atoms with E-state index in [0.717, 1.165) is 0 Å². The van der Waals surface area contributed by atoms with Gasteiger partial charge in [-0.05, 0) is 18.2 Å². The van der Waals surface area contributed by atoms with Gasteiger partial charge in [0.05, 0.1) is 5.69 Å². The van der Waals surface area contributed by atoms with Crippen LogP contribution in [0, 0.1) is 5.82 Å². The molecule has 0 aliphatic rings. The van der Waals surface area contributed by atoms with Crippen molar-refractivity contribution in [1.82, 2.24) is 0 Å². The van der Waals surface area contributed by atoms with Crippen LogP contribution in [0.15, 0.2) is 22.7 Å². The molecule has 0 N–H and O–H groups in total. The minimum absolute atomic E-state index is 0.164. The Kier molecular flexibility index (Phi) is 3.89. The molecular formula is C9H8BrClFNO. The van der Waals surface area contributed by atoms with E-state index in [0.29, 0.717) is 4.47 Å². The quantitative estimate of drug-likeness (QED) is 0.763. The van der Waals surface area contributed by atoms with E-state index in [4.69, 9.17) is 11.6 Å². The lowest BCUT2D eigenvalue weighted by molar-refractivity contribution is -0.116. The number of rotatable bonds is 2. The lowest BCUT2D eigenvalue weighted by Gasteiger charge is -2.16. The van der Waals surface area contributed by atoms with E-state index >= 15 is 0 Å². The molecule has 1 aromatic carbocycles. The van der Waals surface area contributed by atoms with Gasteiger partial charge in [-0.15, -0.1) is 11.6 Å². The summed E-state index contributed by atoms with van der Waals surface area (Å²) in [6.45, 7) is 0. The average Bonchev–Trinajstić information content (AvgIpc) is 2.19. The normalized spacial score (nSPS) is 10.0. The smallest absolute Gasteiger partial charge is 0.241 e. The number of amides is 1. The van der Waals surface area contributed by atoms with Crippen molar-refractivity contribution < 1.29 is 9.18 Å². The Balaban J connectivity index is 3.05. The first-order chi connectivity index (χ1) is 6.56. The van der Waals surface area contributed by atoms with Crippen molar-refractivity contribution >= 4 is 39.1 Å². The summed E-state index contributed by atoms with van der Waals surface area (Å²) in [5.74, 6) is -0.958. The highest BCUT2D eigenvalue weighted by Gasteiger charge is 2.13. The molecule has 2 nitrogen and oxygen atoms in total. The predicted molar refractivity (Wildman–Crippen MR) is 58.2 cm³/mol. The van der Waals surface area contributed by atoms with E-state index in [1.54, 1.807) is 6.07 Å². The SMILES string of the molecule is CN(C(=O)CCl)c1cc(Br)ccc1F. The molecule has 0 unspecified atom stereocenters. The number of hydrogen-bond donors (Lipinski definition) is 0. The average molecular weight is 281 g/mol. The Morgan fingerprint density at radius 2 is 2.29 bits per heavy atom. The van der Waals surface area contributed by atoms with E-state index in [9.17, 15) is 9.18 Å². The fourth-order valence-corrected chi connectivity index (χ4v) is 1.50. The monoisotopic (exact) mass is 279 g/mol. The van der Waals surface area contributed by atoms with Gasteiger partial charge < -0.3 is 4.90 Å². The van der Waals surface area contributed by atoms with Crippen molar-refractivity contribution in [2.24, 2.45) is 0 Å². The summed E-state index contributed by atoms with van der Waals surface area (Å²) in [7, 11) is 1.48. The van der Waals surface area contributed by atoms with Crippen molar-refractivity contribution in [2.75, 3.05) is 17.8 Å². The molecule has 76 valence electrons. The fraction of sp³-hybridized carbons (Fsp3) is 0.222. The lowest BCUT2D eigenvalue weighted by Crippen LogP contribution is -2.28. The van der Waals surface area contributed by atoms with Gasteiger partial charge in [0.1, 0.15) is 11.7 Å². The summed E-state index contributed by atoms with van der Waals surface area (Å²) in [4.78, 5) is 12.4. The molecule has 0 saturated heterocycles. The summed E-state index contributed by atoms with van der Waals surface area (Å²) < 4.78 is 14.0. The second-order valence-electron chi connectivity index (χ2n) is 2.68. The van der Waals surface area contributed by atoms with Crippen molar-refractivity contribution in [3.63, 3.8) is 0 Å². The predicted octanol–water partition coefficient (Wildman–Crippen LogP) is 2.79. The molecule has 0 spiro atoms. The van der Waals surface area contributed by atoms with Gasteiger partial charge in [-0.2, -0.15) is 0 Å². The van der Waals surface area contributed by atoms with Crippen LogP contribution in [-0.2, 0) is 4.79 Å². The molecule has 0 bridgehead atoms. The number of carbonyl (C=O) groups is 1. The van der Waals surface area contributed by atoms with Crippen LogP contribution in [0.5, 0.6) is 0 Å². The van der Waals surface area contributed by atoms with E-state index < -0.39 is 5.82 Å². The Hall–Kier alpha value is -0.610. The van der Waals surface area contributed by atoms with Crippen LogP contribution in [0.3, 0.4) is 0 Å². The number of hydrogen-bond acceptors (Lipinski definition) is 1. The Labute approximate surface area is 94.8 Å². The van der Waals surface area contributed by atoms with Gasteiger partial charge in [0.2, 0.25) is 5.91 Å². The molecule has 0 aliphatic carbocycles. The van der Waals surface area contributed by atoms with E-state index in [1.807, 2.05) is 0 Å². The van der Waals surface area contributed by atoms with Crippen LogP contribution in [0.25, 0.3) is 0 Å². The van der Waals surface area contributed by atoms with Gasteiger partial charge >= 0.3 is 0 Å². The summed E-state index contributed by atoms with van der Waals surface area (Å²) in [5.41, 5.74) is 0.213. The van der Waals surface area contributed by atoms with Crippen LogP contribution in [0.2, 0.25) is 0 Å². The molecule has 0 atom stereocenters. The minimum Gasteiger partial charge on any atom is -0.312 e. The first kappa shape index (κ1) is 11.5. The highest BCUT2D eigenvalue weighted by molar-refractivity contribution is 9.10. The summed E-state index contributed by atoms with van der Waals surface area (Å²) >= 11 is 8.56. The molecule has 0 aliphatic heterocycles. The summed E-state index contributed by atoms with van der Waals surface area (Å²) in [6, 6.07) is 4.38. The first-order valence-electron chi connectivity index (χ1n) is 3.84. The largest absolute Gasteiger partial charge is 0.312 e. The zero-order valence-corrected chi connectivity index (χ0v) is 9.77. The maximum atomic E-state index is 13.3. The maximum absolute atomic E-state index is 13.3. The molecule has 14 heavy (non-hydrogen) atoms. The van der Waals surface area contributed by atoms with E-state index in [1.165, 1.54) is 24.1 Å². The van der Waals surface area contributed by atoms with E-state index in [-0.39, 0.29) is 17.5 Å². The van der Waals surface area contributed by atoms with Gasteiger partial charge in [0.15, 0.2) is 0 Å². The third kappa shape index (κ3) is 2.45. The van der Waals surface area contributed by atoms with Crippen molar-refractivity contribution in [3.8, 4) is 0 Å². The van der Waals surface area contributed by atoms with Gasteiger partial charge in [0.25, 0.3) is 0 Å². The molecule has 1 aromatic rings. The molecule has 1 amide bonds. The lowest BCUT2D eigenvalue weighted by atomic mass is 10.3. The number of benzene rings is 1. The molecule has 0 aromatic heterocycles. The summed E-state index contributed by atoms with van der Waals surface area (Å²) in [6.07, 6.45) is 0. The molecule has 1 rings (SSSR count). The molecular weight excluding hydrogens is 272 g/mol. The third-order valence-electron chi connectivity index (χ3n) is 1.76. The molecule has 5 heteroatoms. The maximum Gasteiger partial charge on any atom is 0.241 e. The number of anilines is 1. The van der Waals surface area contributed by atoms with Gasteiger partial charge in [-0.25, -0.2) is 4.39 Å². The standard InChI is InChI=1S/C9H8BrClFNO/c1-13(9(14)5-11)8-4-6(10)2-3-7(8)12/h2-4H,5H2,1H3. The van der Waals surface area contributed by atoms with E-state index in [2.05, 4.69) is 15.9 Å². The number of halogens is 3. The Morgan fingerprint density at radius 3 is 2.86 bits per heavy atom. The zero-order valence-electron chi connectivity index (χ0n) is 7.43. The van der Waals surface area contributed by atoms with Crippen LogP contribution < -0.4 is 4.90 Å². The minimum atomic E-state index is -0.450. The molecule has 0 radical (unpaired) electrons. The van der Waals surface area contributed by atoms with Gasteiger partial charge in [0, 0.05) is 11.5 Å². The van der Waals surface area contributed by atoms with Gasteiger partial charge in [-0.1, -0.05) is 15.9 Å². The Morgan fingerprint density at radius 1 is 1.64 bits per heavy atom. The second kappa shape index (κ2) is 4.75. The fourth-order valence-electron chi connectivity index (χ4n) is 0.967. The summed E-state index contributed by atoms with van der Waals surface area (Å²) in [5, 5.41) is 0. The third-order valence-corrected chi connectivity index (χ3v) is 2.48. The highest BCUT2D eigenvalue weighted by atomic mass is 79.9. The Bertz CT molecular complexity index is 359. The number of carbonyl (C=O) groups excluding carboxylic acids is 1. The molecule has 0 fully saturated rings. The zero-order chi connectivity index (χ0) is 10.7. The second-order valence-corrected chi connectivity index (χ2v) is 3.87. The first-order valence-corrected chi connectivity index (χ1v) is 5.16. The number of nitrogens with zero attached hydrogens (tertiary/aromatic N) is 1. The van der Waals surface area contributed by atoms with Crippen LogP contribution in [-0.4, -0.2) is 18.8 Å². The van der Waals surface area contributed by atoms with Crippen molar-refractivity contribution in [1.29, 1.82) is 0 Å². The van der Waals surface area contributed by atoms with Gasteiger partial charge in [-0.3, -0.25) is 4.79 Å². The van der Waals surface area contributed by atoms with Crippen LogP contribution in [0.4, 0.5) is 10.1 Å². The van der Waals surface area contributed by atoms with Crippen molar-refractivity contribution in [3.05, 3.63) is 28.5 Å². The highest BCUT2D eigenvalue weighted by Crippen LogP contribution is 2.23. The molecule has 0 saturated carbocycles. The van der Waals surface area contributed by atoms with Crippen LogP contribution >= 0.6 is 27.5 Å². The van der Waals surface area contributed by atoms with Crippen LogP contribution in [0.1, 0.15) is 0 Å². The number of alkyl halides is 1.